The van der Waals surface area contributed by atoms with E-state index in [0.29, 0.717) is 18.0 Å². The van der Waals surface area contributed by atoms with Gasteiger partial charge < -0.3 is 25.1 Å². The third-order valence-corrected chi connectivity index (χ3v) is 8.53. The van der Waals surface area contributed by atoms with Crippen LogP contribution < -0.4 is 10.6 Å². The fourth-order valence-corrected chi connectivity index (χ4v) is 5.95. The number of fused-ring (bicyclic) bond motifs is 1. The van der Waals surface area contributed by atoms with Crippen molar-refractivity contribution in [3.05, 3.63) is 65.9 Å². The normalized spacial score (nSPS) is 28.3. The van der Waals surface area contributed by atoms with Gasteiger partial charge in [-0.3, -0.25) is 4.79 Å². The van der Waals surface area contributed by atoms with Crippen LogP contribution in [0.1, 0.15) is 68.4 Å². The smallest absolute Gasteiger partial charge is 0.274 e. The summed E-state index contributed by atoms with van der Waals surface area (Å²) in [5.41, 5.74) is 8.97. The molecule has 2 heterocycles. The number of benzene rings is 2. The van der Waals surface area contributed by atoms with E-state index in [2.05, 4.69) is 44.1 Å². The Morgan fingerprint density at radius 1 is 1.22 bits per heavy atom. The highest BCUT2D eigenvalue weighted by Gasteiger charge is 2.58. The van der Waals surface area contributed by atoms with Gasteiger partial charge >= 0.3 is 0 Å². The summed E-state index contributed by atoms with van der Waals surface area (Å²) in [6.07, 6.45) is 3.64. The molecule has 3 N–H and O–H groups in total. The number of nitrogens with zero attached hydrogens (tertiary/aromatic N) is 3. The molecule has 1 amide bonds. The number of amides is 1. The molecule has 1 aliphatic carbocycles. The Kier molecular flexibility index (Phi) is 6.07. The van der Waals surface area contributed by atoms with Gasteiger partial charge in [0.2, 0.25) is 0 Å². The molecule has 36 heavy (non-hydrogen) atoms. The van der Waals surface area contributed by atoms with Crippen molar-refractivity contribution >= 4 is 28.3 Å². The molecule has 190 valence electrons. The number of nitrogens with two attached hydrogens (primary N) is 1. The number of rotatable bonds is 6. The van der Waals surface area contributed by atoms with Crippen LogP contribution in [0.15, 0.2) is 59.8 Å². The molecule has 1 aliphatic heterocycles. The molecule has 2 aliphatic rings. The minimum Gasteiger partial charge on any atom is -0.409 e. The minimum absolute atomic E-state index is 0.108. The fourth-order valence-electron chi connectivity index (χ4n) is 5.95. The van der Waals surface area contributed by atoms with E-state index in [0.717, 1.165) is 42.5 Å². The molecule has 1 aromatic heterocycles. The van der Waals surface area contributed by atoms with Crippen LogP contribution >= 0.6 is 0 Å². The summed E-state index contributed by atoms with van der Waals surface area (Å²) in [6.45, 7) is 7.20. The molecule has 0 radical (unpaired) electrons. The van der Waals surface area contributed by atoms with Crippen molar-refractivity contribution in [3.8, 4) is 0 Å². The second-order valence-electron chi connectivity index (χ2n) is 10.7. The van der Waals surface area contributed by atoms with E-state index in [1.165, 1.54) is 5.56 Å². The van der Waals surface area contributed by atoms with E-state index in [1.807, 2.05) is 41.0 Å². The molecule has 1 saturated heterocycles. The summed E-state index contributed by atoms with van der Waals surface area (Å²) in [6, 6.07) is 18.0. The number of hydrogen-bond acceptors (Lipinski definition) is 4. The second kappa shape index (κ2) is 8.96. The first kappa shape index (κ1) is 24.4. The van der Waals surface area contributed by atoms with Crippen LogP contribution in [0, 0.1) is 5.92 Å². The number of ether oxygens (including phenoxy) is 1. The predicted molar refractivity (Wildman–Crippen MR) is 143 cm³/mol. The lowest BCUT2D eigenvalue weighted by molar-refractivity contribution is -0.0746. The van der Waals surface area contributed by atoms with Crippen LogP contribution in [0.25, 0.3) is 10.9 Å². The lowest BCUT2D eigenvalue weighted by Crippen LogP contribution is -2.39. The summed E-state index contributed by atoms with van der Waals surface area (Å²) in [5, 5.41) is 14.0. The molecular formula is C29H36N4O3. The monoisotopic (exact) mass is 488 g/mol. The maximum atomic E-state index is 13.9. The van der Waals surface area contributed by atoms with Crippen LogP contribution in [-0.2, 0) is 10.3 Å². The highest BCUT2D eigenvalue weighted by Crippen LogP contribution is 2.53. The van der Waals surface area contributed by atoms with Crippen LogP contribution in [-0.4, -0.2) is 40.8 Å². The minimum atomic E-state index is -0.722. The molecule has 0 bridgehead atoms. The Morgan fingerprint density at radius 3 is 2.58 bits per heavy atom. The summed E-state index contributed by atoms with van der Waals surface area (Å²) in [7, 11) is 1.78. The molecule has 3 aromatic rings. The van der Waals surface area contributed by atoms with Gasteiger partial charge in [-0.15, -0.1) is 0 Å². The SMILES string of the molecule is CCC1(C)C[C@@H](c2ccc3c(c2)cc(C(=O)N(C)c2ccccc2)n3[C@@]2(/C(N)=N/O)C[C@@H]2C)CCO1. The summed E-state index contributed by atoms with van der Waals surface area (Å²) in [4.78, 5) is 15.5. The average Bonchev–Trinajstić information content (AvgIpc) is 3.43. The Balaban J connectivity index is 1.63. The van der Waals surface area contributed by atoms with Crippen LogP contribution in [0.3, 0.4) is 0 Å². The van der Waals surface area contributed by atoms with Gasteiger partial charge in [0.1, 0.15) is 11.2 Å². The molecule has 2 aromatic carbocycles. The van der Waals surface area contributed by atoms with E-state index < -0.39 is 5.54 Å². The summed E-state index contributed by atoms with van der Waals surface area (Å²) in [5.74, 6) is 0.544. The Hall–Kier alpha value is -3.32. The number of anilines is 1. The summed E-state index contributed by atoms with van der Waals surface area (Å²) >= 11 is 0. The first-order valence-electron chi connectivity index (χ1n) is 12.8. The third-order valence-electron chi connectivity index (χ3n) is 8.53. The second-order valence-corrected chi connectivity index (χ2v) is 10.7. The van der Waals surface area contributed by atoms with Crippen molar-refractivity contribution in [1.29, 1.82) is 0 Å². The predicted octanol–water partition coefficient (Wildman–Crippen LogP) is 5.46. The quantitative estimate of drug-likeness (QED) is 0.208. The number of hydrogen-bond donors (Lipinski definition) is 2. The maximum Gasteiger partial charge on any atom is 0.274 e. The van der Waals surface area contributed by atoms with Crippen molar-refractivity contribution in [2.24, 2.45) is 16.8 Å². The highest BCUT2D eigenvalue weighted by atomic mass is 16.5. The number of carbonyl (C=O) groups is 1. The number of oxime groups is 1. The average molecular weight is 489 g/mol. The van der Waals surface area contributed by atoms with Gasteiger partial charge in [-0.1, -0.05) is 43.3 Å². The van der Waals surface area contributed by atoms with Crippen molar-refractivity contribution < 1.29 is 14.7 Å². The van der Waals surface area contributed by atoms with Crippen molar-refractivity contribution in [2.45, 2.75) is 63.5 Å². The standard InChI is InChI=1S/C29H36N4O3/c1-5-28(3)18-21(13-14-36-28)20-11-12-24-22(15-20)16-25(26(34)32(4)23-9-7-6-8-10-23)33(24)29(17-19(29)2)27(30)31-35/h6-12,15-16,19,21,35H,5,13-14,17-18H2,1-4H3,(H2,30,31)/t19-,21-,28?,29-/m0/s1. The lowest BCUT2D eigenvalue weighted by atomic mass is 9.81. The molecule has 2 fully saturated rings. The largest absolute Gasteiger partial charge is 0.409 e. The van der Waals surface area contributed by atoms with Gasteiger partial charge in [0, 0.05) is 30.2 Å². The van der Waals surface area contributed by atoms with Gasteiger partial charge in [0.05, 0.1) is 5.60 Å². The third kappa shape index (κ3) is 3.86. The van der Waals surface area contributed by atoms with Gasteiger partial charge in [-0.2, -0.15) is 0 Å². The zero-order valence-corrected chi connectivity index (χ0v) is 21.6. The molecule has 1 unspecified atom stereocenters. The van der Waals surface area contributed by atoms with Crippen molar-refractivity contribution in [2.75, 3.05) is 18.6 Å². The zero-order valence-electron chi connectivity index (χ0n) is 21.6. The summed E-state index contributed by atoms with van der Waals surface area (Å²) < 4.78 is 8.08. The van der Waals surface area contributed by atoms with Crippen LogP contribution in [0.4, 0.5) is 5.69 Å². The number of carbonyl (C=O) groups excluding carboxylic acids is 1. The number of para-hydroxylation sites is 1. The van der Waals surface area contributed by atoms with Gasteiger partial charge in [0.25, 0.3) is 5.91 Å². The zero-order chi connectivity index (χ0) is 25.7. The van der Waals surface area contributed by atoms with Gasteiger partial charge in [0.15, 0.2) is 5.84 Å². The van der Waals surface area contributed by atoms with E-state index in [9.17, 15) is 10.0 Å². The Bertz CT molecular complexity index is 1320. The van der Waals surface area contributed by atoms with Crippen molar-refractivity contribution in [3.63, 3.8) is 0 Å². The molecule has 5 rings (SSSR count). The van der Waals surface area contributed by atoms with E-state index in [4.69, 9.17) is 10.5 Å². The number of aromatic nitrogens is 1. The first-order valence-corrected chi connectivity index (χ1v) is 12.8. The first-order chi connectivity index (χ1) is 17.2. The molecule has 7 heteroatoms. The van der Waals surface area contributed by atoms with E-state index >= 15 is 0 Å². The molecule has 7 nitrogen and oxygen atoms in total. The highest BCUT2D eigenvalue weighted by molar-refractivity contribution is 6.09. The number of amidine groups is 1. The van der Waals surface area contributed by atoms with Crippen molar-refractivity contribution in [1.82, 2.24) is 4.57 Å². The Morgan fingerprint density at radius 2 is 1.94 bits per heavy atom. The van der Waals surface area contributed by atoms with E-state index in [1.54, 1.807) is 11.9 Å². The lowest BCUT2D eigenvalue weighted by Gasteiger charge is -2.38. The topological polar surface area (TPSA) is 93.1 Å². The fraction of sp³-hybridized carbons (Fsp3) is 0.448. The van der Waals surface area contributed by atoms with E-state index in [-0.39, 0.29) is 23.3 Å². The molecule has 4 atom stereocenters. The Labute approximate surface area is 212 Å². The van der Waals surface area contributed by atoms with Gasteiger partial charge in [-0.25, -0.2) is 0 Å². The molecular weight excluding hydrogens is 452 g/mol. The van der Waals surface area contributed by atoms with Crippen LogP contribution in [0.2, 0.25) is 0 Å². The van der Waals surface area contributed by atoms with Gasteiger partial charge in [-0.05, 0) is 80.3 Å². The maximum absolute atomic E-state index is 13.9. The molecule has 1 saturated carbocycles. The molecule has 0 spiro atoms. The van der Waals surface area contributed by atoms with Crippen LogP contribution in [0.5, 0.6) is 0 Å².